The van der Waals surface area contributed by atoms with E-state index in [-0.39, 0.29) is 6.92 Å². The van der Waals surface area contributed by atoms with E-state index in [1.165, 1.54) is 0 Å². The molecule has 0 bridgehead atoms. The minimum absolute atomic E-state index is 0.0547. The van der Waals surface area contributed by atoms with Gasteiger partial charge in [-0.1, -0.05) is 8.96 Å². The third kappa shape index (κ3) is 1.76. The van der Waals surface area contributed by atoms with Gasteiger partial charge in [0.15, 0.2) is 0 Å². The van der Waals surface area contributed by atoms with Crippen molar-refractivity contribution in [1.29, 1.82) is 0 Å². The van der Waals surface area contributed by atoms with E-state index in [9.17, 15) is 26.5 Å². The molecule has 0 aliphatic heterocycles. The first-order valence-electron chi connectivity index (χ1n) is 2.50. The first kappa shape index (κ1) is 10.5. The summed E-state index contributed by atoms with van der Waals surface area (Å²) in [6, 6.07) is -5.10. The van der Waals surface area contributed by atoms with Gasteiger partial charge in [0.25, 0.3) is 0 Å². The Morgan fingerprint density at radius 2 is 1.55 bits per heavy atom. The van der Waals surface area contributed by atoms with Crippen LogP contribution in [-0.4, -0.2) is 23.7 Å². The molecule has 0 amide bonds. The summed E-state index contributed by atoms with van der Waals surface area (Å²) in [4.78, 5) is 0. The summed E-state index contributed by atoms with van der Waals surface area (Å²) in [5.74, 6) is 0. The molecule has 0 aromatic rings. The topological polar surface area (TPSA) is 3.24 Å². The van der Waals surface area contributed by atoms with Gasteiger partial charge in [0.2, 0.25) is 5.67 Å². The summed E-state index contributed by atoms with van der Waals surface area (Å²) in [7, 11) is 0. The molecule has 0 saturated heterocycles. The Bertz CT molecular complexity index is 133. The molecule has 0 aromatic heterocycles. The lowest BCUT2D eigenvalue weighted by molar-refractivity contribution is -0.373. The van der Waals surface area contributed by atoms with Crippen LogP contribution in [0.1, 0.15) is 6.92 Å². The molecule has 0 spiro atoms. The quantitative estimate of drug-likeness (QED) is 0.367. The van der Waals surface area contributed by atoms with Gasteiger partial charge in [-0.15, -0.1) is 0 Å². The van der Waals surface area contributed by atoms with Crippen molar-refractivity contribution in [2.45, 2.75) is 18.6 Å². The van der Waals surface area contributed by atoms with Crippen LogP contribution in [-0.2, 0) is 0 Å². The Kier molecular flexibility index (Phi) is 2.76. The lowest BCUT2D eigenvalue weighted by atomic mass is 10.1. The lowest BCUT2D eigenvalue weighted by Gasteiger charge is -2.26. The zero-order valence-electron chi connectivity index (χ0n) is 5.42. The number of alkyl halides is 4. The average Bonchev–Trinajstić information content (AvgIpc) is 1.87. The van der Waals surface area contributed by atoms with Crippen LogP contribution in [0.4, 0.5) is 26.5 Å². The van der Waals surface area contributed by atoms with E-state index < -0.39 is 23.7 Å². The van der Waals surface area contributed by atoms with Gasteiger partial charge >= 0.3 is 6.05 Å². The zero-order chi connectivity index (χ0) is 9.28. The molecule has 1 nitrogen and oxygen atoms in total. The summed E-state index contributed by atoms with van der Waals surface area (Å²) >= 11 is 0. The Hall–Kier alpha value is -0.460. The fourth-order valence-corrected chi connectivity index (χ4v) is 0.257. The van der Waals surface area contributed by atoms with E-state index in [2.05, 4.69) is 0 Å². The van der Waals surface area contributed by atoms with Gasteiger partial charge in [-0.2, -0.15) is 8.78 Å². The maximum atomic E-state index is 12.2. The number of hydrogen-bond acceptors (Lipinski definition) is 1. The molecule has 0 aliphatic rings. The fraction of sp³-hybridized carbons (Fsp3) is 1.00. The number of nitrogens with zero attached hydrogens (tertiary/aromatic N) is 1. The Morgan fingerprint density at radius 3 is 1.64 bits per heavy atom. The van der Waals surface area contributed by atoms with E-state index in [4.69, 9.17) is 0 Å². The second-order valence-electron chi connectivity index (χ2n) is 2.11. The predicted octanol–water partition coefficient (Wildman–Crippen LogP) is 2.35. The predicted molar refractivity (Wildman–Crippen MR) is 24.5 cm³/mol. The fourth-order valence-electron chi connectivity index (χ4n) is 0.257. The van der Waals surface area contributed by atoms with Crippen molar-refractivity contribution in [3.8, 4) is 0 Å². The lowest BCUT2D eigenvalue weighted by Crippen LogP contribution is -2.50. The smallest absolute Gasteiger partial charge is 0.247 e. The first-order valence-corrected chi connectivity index (χ1v) is 2.50. The van der Waals surface area contributed by atoms with Gasteiger partial charge in [0.1, 0.15) is 6.67 Å². The molecule has 0 aromatic carbocycles. The van der Waals surface area contributed by atoms with Crippen molar-refractivity contribution >= 4 is 0 Å². The maximum Gasteiger partial charge on any atom is 0.393 e. The molecular formula is C4H5F6N. The van der Waals surface area contributed by atoms with Crippen molar-refractivity contribution in [2.24, 2.45) is 0 Å². The zero-order valence-corrected chi connectivity index (χ0v) is 5.42. The van der Waals surface area contributed by atoms with Crippen LogP contribution in [0.2, 0.25) is 0 Å². The standard InChI is InChI=1S/C4H5F6N/c1-3(6,2-5)4(7,8)11(9)10/h2H2,1H3. The van der Waals surface area contributed by atoms with Gasteiger partial charge in [0.05, 0.1) is 5.34 Å². The van der Waals surface area contributed by atoms with Gasteiger partial charge in [-0.05, 0) is 6.92 Å². The highest BCUT2D eigenvalue weighted by molar-refractivity contribution is 4.84. The number of hydrogen-bond donors (Lipinski definition) is 0. The van der Waals surface area contributed by atoms with Crippen molar-refractivity contribution in [1.82, 2.24) is 5.34 Å². The Labute approximate surface area is 58.5 Å². The minimum Gasteiger partial charge on any atom is -0.247 e. The third-order valence-corrected chi connectivity index (χ3v) is 1.09. The van der Waals surface area contributed by atoms with Crippen molar-refractivity contribution in [3.63, 3.8) is 0 Å². The SMILES string of the molecule is CC(F)(CF)C(F)(F)N(F)F. The first-order chi connectivity index (χ1) is 4.75. The summed E-state index contributed by atoms with van der Waals surface area (Å²) in [6.45, 7) is -2.12. The van der Waals surface area contributed by atoms with E-state index in [1.54, 1.807) is 0 Å². The molecule has 0 aliphatic carbocycles. The monoisotopic (exact) mass is 181 g/mol. The summed E-state index contributed by atoms with van der Waals surface area (Å²) in [5.41, 5.74) is -3.86. The van der Waals surface area contributed by atoms with Gasteiger partial charge in [0, 0.05) is 0 Å². The normalized spacial score (nSPS) is 18.5. The van der Waals surface area contributed by atoms with E-state index in [0.717, 1.165) is 0 Å². The molecule has 0 saturated carbocycles. The molecule has 11 heavy (non-hydrogen) atoms. The van der Waals surface area contributed by atoms with Crippen molar-refractivity contribution < 1.29 is 26.5 Å². The van der Waals surface area contributed by atoms with E-state index in [1.807, 2.05) is 0 Å². The molecular weight excluding hydrogens is 176 g/mol. The van der Waals surface area contributed by atoms with Crippen molar-refractivity contribution in [3.05, 3.63) is 0 Å². The van der Waals surface area contributed by atoms with Gasteiger partial charge in [-0.3, -0.25) is 0 Å². The van der Waals surface area contributed by atoms with Crippen LogP contribution in [0.15, 0.2) is 0 Å². The summed E-state index contributed by atoms with van der Waals surface area (Å²) in [5, 5.41) is -2.65. The second kappa shape index (κ2) is 2.88. The summed E-state index contributed by atoms with van der Waals surface area (Å²) < 4.78 is 69.7. The van der Waals surface area contributed by atoms with Gasteiger partial charge in [-0.25, -0.2) is 8.78 Å². The highest BCUT2D eigenvalue weighted by Gasteiger charge is 2.58. The van der Waals surface area contributed by atoms with E-state index >= 15 is 0 Å². The molecule has 0 N–H and O–H groups in total. The largest absolute Gasteiger partial charge is 0.393 e. The molecule has 1 unspecified atom stereocenters. The van der Waals surface area contributed by atoms with Crippen LogP contribution >= 0.6 is 0 Å². The number of halogens is 6. The highest BCUT2D eigenvalue weighted by Crippen LogP contribution is 2.36. The van der Waals surface area contributed by atoms with Crippen LogP contribution < -0.4 is 0 Å². The average molecular weight is 181 g/mol. The van der Waals surface area contributed by atoms with Crippen molar-refractivity contribution in [2.75, 3.05) is 6.67 Å². The molecule has 7 heteroatoms. The van der Waals surface area contributed by atoms with Crippen LogP contribution in [0.5, 0.6) is 0 Å². The minimum atomic E-state index is -5.10. The van der Waals surface area contributed by atoms with Crippen LogP contribution in [0.25, 0.3) is 0 Å². The molecule has 0 fully saturated rings. The van der Waals surface area contributed by atoms with Gasteiger partial charge < -0.3 is 0 Å². The van der Waals surface area contributed by atoms with E-state index in [0.29, 0.717) is 0 Å². The molecule has 68 valence electrons. The molecule has 0 rings (SSSR count). The number of rotatable bonds is 3. The van der Waals surface area contributed by atoms with Crippen LogP contribution in [0, 0.1) is 0 Å². The third-order valence-electron chi connectivity index (χ3n) is 1.09. The highest BCUT2D eigenvalue weighted by atomic mass is 19.4. The molecule has 0 heterocycles. The Morgan fingerprint density at radius 1 is 1.18 bits per heavy atom. The maximum absolute atomic E-state index is 12.2. The molecule has 1 atom stereocenters. The molecule has 0 radical (unpaired) electrons. The van der Waals surface area contributed by atoms with Crippen LogP contribution in [0.3, 0.4) is 0 Å². The Balaban J connectivity index is 4.53. The second-order valence-corrected chi connectivity index (χ2v) is 2.11. The summed E-state index contributed by atoms with van der Waals surface area (Å²) in [6.07, 6.45) is 0.